The van der Waals surface area contributed by atoms with Gasteiger partial charge in [0, 0.05) is 12.1 Å². The molecule has 20 heavy (non-hydrogen) atoms. The molecule has 0 aliphatic rings. The number of amides is 2. The quantitative estimate of drug-likeness (QED) is 0.905. The number of benzene rings is 1. The lowest BCUT2D eigenvalue weighted by Gasteiger charge is -2.13. The van der Waals surface area contributed by atoms with Gasteiger partial charge in [-0.05, 0) is 18.6 Å². The molecule has 0 radical (unpaired) electrons. The lowest BCUT2D eigenvalue weighted by molar-refractivity contribution is 0.242. The Hall–Kier alpha value is -2.08. The zero-order chi connectivity index (χ0) is 14.5. The summed E-state index contributed by atoms with van der Waals surface area (Å²) in [7, 11) is 1.56. The van der Waals surface area contributed by atoms with Crippen LogP contribution in [0.4, 0.5) is 4.79 Å². The molecule has 106 valence electrons. The number of urea groups is 1. The van der Waals surface area contributed by atoms with E-state index in [0.29, 0.717) is 17.3 Å². The molecule has 0 bridgehead atoms. The van der Waals surface area contributed by atoms with Crippen LogP contribution in [0.1, 0.15) is 24.2 Å². The van der Waals surface area contributed by atoms with E-state index in [1.54, 1.807) is 17.9 Å². The molecule has 0 aliphatic heterocycles. The lowest BCUT2D eigenvalue weighted by atomic mass is 10.1. The second-order valence-corrected chi connectivity index (χ2v) is 4.73. The van der Waals surface area contributed by atoms with Crippen LogP contribution in [0, 0.1) is 0 Å². The minimum atomic E-state index is -0.251. The molecular weight excluding hydrogens is 278 g/mol. The Morgan fingerprint density at radius 2 is 2.20 bits per heavy atom. The lowest BCUT2D eigenvalue weighted by Crippen LogP contribution is -2.32. The largest absolute Gasteiger partial charge is 0.341 e. The van der Waals surface area contributed by atoms with Crippen molar-refractivity contribution in [3.05, 3.63) is 46.7 Å². The molecule has 2 N–H and O–H groups in total. The van der Waals surface area contributed by atoms with Gasteiger partial charge in [0.15, 0.2) is 0 Å². The fraction of sp³-hybridized carbons (Fsp3) is 0.308. The topological polar surface area (TPSA) is 71.8 Å². The van der Waals surface area contributed by atoms with E-state index in [1.165, 1.54) is 0 Å². The van der Waals surface area contributed by atoms with Gasteiger partial charge in [-0.3, -0.25) is 0 Å². The molecule has 2 rings (SSSR count). The van der Waals surface area contributed by atoms with Crippen molar-refractivity contribution in [1.82, 2.24) is 25.6 Å². The molecule has 0 unspecified atom stereocenters. The first-order valence-corrected chi connectivity index (χ1v) is 6.60. The number of nitrogens with zero attached hydrogens (tertiary/aromatic N) is 3. The van der Waals surface area contributed by atoms with Crippen LogP contribution in [0.5, 0.6) is 0 Å². The van der Waals surface area contributed by atoms with Crippen molar-refractivity contribution >= 4 is 17.6 Å². The maximum absolute atomic E-state index is 11.1. The molecule has 7 heteroatoms. The van der Waals surface area contributed by atoms with E-state index >= 15 is 0 Å². The van der Waals surface area contributed by atoms with Crippen LogP contribution in [0.25, 0.3) is 0 Å². The van der Waals surface area contributed by atoms with E-state index < -0.39 is 0 Å². The third kappa shape index (κ3) is 3.27. The molecule has 1 heterocycles. The van der Waals surface area contributed by atoms with E-state index in [4.69, 9.17) is 11.6 Å². The Bertz CT molecular complexity index is 598. The zero-order valence-electron chi connectivity index (χ0n) is 11.3. The van der Waals surface area contributed by atoms with Crippen molar-refractivity contribution in [3.63, 3.8) is 0 Å². The van der Waals surface area contributed by atoms with Gasteiger partial charge in [-0.2, -0.15) is 0 Å². The average molecular weight is 294 g/mol. The third-order valence-electron chi connectivity index (χ3n) is 2.97. The molecule has 1 atom stereocenters. The fourth-order valence-corrected chi connectivity index (χ4v) is 2.09. The predicted octanol–water partition coefficient (Wildman–Crippen LogP) is 1.97. The van der Waals surface area contributed by atoms with Gasteiger partial charge in [-0.15, -0.1) is 5.10 Å². The first kappa shape index (κ1) is 14.3. The molecule has 1 aromatic carbocycles. The van der Waals surface area contributed by atoms with Crippen LogP contribution in [-0.4, -0.2) is 28.1 Å². The highest BCUT2D eigenvalue weighted by atomic mass is 35.5. The van der Waals surface area contributed by atoms with Gasteiger partial charge < -0.3 is 10.6 Å². The van der Waals surface area contributed by atoms with Gasteiger partial charge in [0.2, 0.25) is 0 Å². The standard InChI is InChI=1S/C13H16ClN5O/c1-9(11-5-3-4-6-12(11)14)19-8-10(17-18-19)7-16-13(20)15-2/h3-6,8-9H,7H2,1-2H3,(H2,15,16,20)/t9-/m1/s1. The van der Waals surface area contributed by atoms with E-state index in [1.807, 2.05) is 31.2 Å². The Balaban J connectivity index is 2.08. The first-order chi connectivity index (χ1) is 9.61. The summed E-state index contributed by atoms with van der Waals surface area (Å²) in [6.07, 6.45) is 1.80. The minimum Gasteiger partial charge on any atom is -0.341 e. The summed E-state index contributed by atoms with van der Waals surface area (Å²) in [5, 5.41) is 13.9. The van der Waals surface area contributed by atoms with Gasteiger partial charge in [-0.25, -0.2) is 9.48 Å². The smallest absolute Gasteiger partial charge is 0.314 e. The van der Waals surface area contributed by atoms with E-state index in [0.717, 1.165) is 5.56 Å². The van der Waals surface area contributed by atoms with E-state index in [9.17, 15) is 4.79 Å². The molecule has 0 aliphatic carbocycles. The maximum atomic E-state index is 11.1. The molecule has 1 aromatic heterocycles. The third-order valence-corrected chi connectivity index (χ3v) is 3.31. The van der Waals surface area contributed by atoms with Gasteiger partial charge in [0.1, 0.15) is 5.69 Å². The molecule has 0 saturated heterocycles. The highest BCUT2D eigenvalue weighted by Crippen LogP contribution is 2.24. The summed E-state index contributed by atoms with van der Waals surface area (Å²) in [6.45, 7) is 2.32. The van der Waals surface area contributed by atoms with Crippen molar-refractivity contribution in [2.24, 2.45) is 0 Å². The van der Waals surface area contributed by atoms with E-state index in [2.05, 4.69) is 20.9 Å². The monoisotopic (exact) mass is 293 g/mol. The van der Waals surface area contributed by atoms with Crippen LogP contribution in [0.15, 0.2) is 30.5 Å². The molecule has 0 fully saturated rings. The molecule has 2 amide bonds. The van der Waals surface area contributed by atoms with Crippen LogP contribution < -0.4 is 10.6 Å². The second-order valence-electron chi connectivity index (χ2n) is 4.32. The van der Waals surface area contributed by atoms with Crippen molar-refractivity contribution in [2.75, 3.05) is 7.05 Å². The van der Waals surface area contributed by atoms with Crippen molar-refractivity contribution < 1.29 is 4.79 Å². The van der Waals surface area contributed by atoms with Gasteiger partial charge in [0.25, 0.3) is 0 Å². The number of carbonyl (C=O) groups is 1. The number of rotatable bonds is 4. The molecule has 0 spiro atoms. The van der Waals surface area contributed by atoms with Gasteiger partial charge in [0.05, 0.1) is 18.8 Å². The number of halogens is 1. The summed E-state index contributed by atoms with van der Waals surface area (Å²) in [5.41, 5.74) is 1.66. The Morgan fingerprint density at radius 3 is 2.90 bits per heavy atom. The number of nitrogens with one attached hydrogen (secondary N) is 2. The minimum absolute atomic E-state index is 0.0232. The number of hydrogen-bond donors (Lipinski definition) is 2. The second kappa shape index (κ2) is 6.38. The average Bonchev–Trinajstić information content (AvgIpc) is 2.93. The summed E-state index contributed by atoms with van der Waals surface area (Å²) < 4.78 is 1.72. The molecular formula is C13H16ClN5O. The molecule has 2 aromatic rings. The van der Waals surface area contributed by atoms with Crippen molar-refractivity contribution in [1.29, 1.82) is 0 Å². The summed E-state index contributed by atoms with van der Waals surface area (Å²) in [4.78, 5) is 11.1. The molecule has 6 nitrogen and oxygen atoms in total. The van der Waals surface area contributed by atoms with Gasteiger partial charge in [-0.1, -0.05) is 35.0 Å². The van der Waals surface area contributed by atoms with Crippen molar-refractivity contribution in [3.8, 4) is 0 Å². The summed E-state index contributed by atoms with van der Waals surface area (Å²) in [6, 6.07) is 7.35. The number of hydrogen-bond acceptors (Lipinski definition) is 3. The summed E-state index contributed by atoms with van der Waals surface area (Å²) in [5.74, 6) is 0. The SMILES string of the molecule is CNC(=O)NCc1cn([C@H](C)c2ccccc2Cl)nn1. The van der Waals surface area contributed by atoms with E-state index in [-0.39, 0.29) is 12.1 Å². The first-order valence-electron chi connectivity index (χ1n) is 6.22. The fourth-order valence-electron chi connectivity index (χ4n) is 1.80. The summed E-state index contributed by atoms with van der Waals surface area (Å²) >= 11 is 6.17. The Morgan fingerprint density at radius 1 is 1.45 bits per heavy atom. The highest BCUT2D eigenvalue weighted by molar-refractivity contribution is 6.31. The van der Waals surface area contributed by atoms with Crippen LogP contribution in [0.3, 0.4) is 0 Å². The van der Waals surface area contributed by atoms with Gasteiger partial charge >= 0.3 is 6.03 Å². The molecule has 0 saturated carbocycles. The highest BCUT2D eigenvalue weighted by Gasteiger charge is 2.13. The van der Waals surface area contributed by atoms with Crippen LogP contribution >= 0.6 is 11.6 Å². The number of carbonyl (C=O) groups excluding carboxylic acids is 1. The maximum Gasteiger partial charge on any atom is 0.314 e. The zero-order valence-corrected chi connectivity index (χ0v) is 12.1. The van der Waals surface area contributed by atoms with Crippen molar-refractivity contribution in [2.45, 2.75) is 19.5 Å². The Kier molecular flexibility index (Phi) is 4.57. The predicted molar refractivity (Wildman–Crippen MR) is 76.6 cm³/mol. The van der Waals surface area contributed by atoms with Crippen LogP contribution in [-0.2, 0) is 6.54 Å². The Labute approximate surface area is 122 Å². The number of aromatic nitrogens is 3. The van der Waals surface area contributed by atoms with Crippen LogP contribution in [0.2, 0.25) is 5.02 Å². The normalized spacial score (nSPS) is 11.9.